The zero-order valence-electron chi connectivity index (χ0n) is 14.0. The van der Waals surface area contributed by atoms with Gasteiger partial charge >= 0.3 is 0 Å². The van der Waals surface area contributed by atoms with Crippen molar-refractivity contribution in [3.63, 3.8) is 0 Å². The molecule has 2 nitrogen and oxygen atoms in total. The lowest BCUT2D eigenvalue weighted by Gasteiger charge is -2.31. The Morgan fingerprint density at radius 3 is 2.36 bits per heavy atom. The molecule has 0 fully saturated rings. The molecule has 0 aliphatic heterocycles. The number of pyridine rings is 1. The van der Waals surface area contributed by atoms with Crippen LogP contribution in [0.3, 0.4) is 0 Å². The summed E-state index contributed by atoms with van der Waals surface area (Å²) in [4.78, 5) is 8.16. The Balaban J connectivity index is 2.57. The molecule has 0 amide bonds. The first-order valence-corrected chi connectivity index (χ1v) is 8.05. The molecule has 1 aromatic carbocycles. The minimum absolute atomic E-state index is 0.225. The van der Waals surface area contributed by atoms with Crippen LogP contribution in [0.15, 0.2) is 36.5 Å². The van der Waals surface area contributed by atoms with Gasteiger partial charge in [-0.2, -0.15) is 0 Å². The van der Waals surface area contributed by atoms with E-state index in [1.54, 1.807) is 0 Å². The monoisotopic (exact) mass is 292 g/mol. The second kappa shape index (κ2) is 6.75. The van der Waals surface area contributed by atoms with E-state index in [1.807, 2.05) is 25.3 Å². The van der Waals surface area contributed by atoms with Gasteiger partial charge in [0.1, 0.15) is 0 Å². The fourth-order valence-electron chi connectivity index (χ4n) is 3.29. The third-order valence-electron chi connectivity index (χ3n) is 5.10. The lowest BCUT2D eigenvalue weighted by Crippen LogP contribution is -2.23. The molecule has 0 unspecified atom stereocenters. The Morgan fingerprint density at radius 2 is 1.77 bits per heavy atom. The second-order valence-electron chi connectivity index (χ2n) is 5.83. The molecular formula is C20H24N2. The summed E-state index contributed by atoms with van der Waals surface area (Å²) in [5.41, 5.74) is 5.34. The molecular weight excluding hydrogens is 268 g/mol. The fourth-order valence-corrected chi connectivity index (χ4v) is 3.29. The van der Waals surface area contributed by atoms with Gasteiger partial charge in [-0.1, -0.05) is 39.0 Å². The van der Waals surface area contributed by atoms with Crippen LogP contribution >= 0.6 is 0 Å². The summed E-state index contributed by atoms with van der Waals surface area (Å²) in [7, 11) is 0. The van der Waals surface area contributed by atoms with Gasteiger partial charge in [-0.25, -0.2) is 4.85 Å². The highest BCUT2D eigenvalue weighted by Crippen LogP contribution is 2.37. The van der Waals surface area contributed by atoms with Crippen LogP contribution in [0, 0.1) is 13.5 Å². The van der Waals surface area contributed by atoms with Crippen molar-refractivity contribution in [1.29, 1.82) is 0 Å². The molecule has 0 aliphatic carbocycles. The van der Waals surface area contributed by atoms with Crippen molar-refractivity contribution in [2.75, 3.05) is 0 Å². The van der Waals surface area contributed by atoms with Gasteiger partial charge in [0.2, 0.25) is 0 Å². The van der Waals surface area contributed by atoms with E-state index in [1.165, 1.54) is 5.56 Å². The predicted octanol–water partition coefficient (Wildman–Crippen LogP) is 6.08. The number of benzene rings is 1. The predicted molar refractivity (Wildman–Crippen MR) is 93.2 cm³/mol. The summed E-state index contributed by atoms with van der Waals surface area (Å²) in [5, 5.41) is 0. The van der Waals surface area contributed by atoms with E-state index in [2.05, 4.69) is 48.8 Å². The number of aromatic nitrogens is 1. The van der Waals surface area contributed by atoms with E-state index < -0.39 is 0 Å². The molecule has 1 aromatic heterocycles. The van der Waals surface area contributed by atoms with Gasteiger partial charge in [0.05, 0.1) is 12.3 Å². The Labute approximate surface area is 134 Å². The average molecular weight is 292 g/mol. The topological polar surface area (TPSA) is 17.2 Å². The minimum atomic E-state index is 0.225. The van der Waals surface area contributed by atoms with Gasteiger partial charge in [-0.05, 0) is 60.4 Å². The molecule has 2 heteroatoms. The largest absolute Gasteiger partial charge is 0.256 e. The molecule has 0 bridgehead atoms. The smallest absolute Gasteiger partial charge is 0.190 e. The van der Waals surface area contributed by atoms with Gasteiger partial charge in [0, 0.05) is 6.20 Å². The summed E-state index contributed by atoms with van der Waals surface area (Å²) in [6.07, 6.45) is 5.30. The van der Waals surface area contributed by atoms with Crippen LogP contribution in [0.4, 0.5) is 5.69 Å². The van der Waals surface area contributed by atoms with Crippen LogP contribution in [-0.2, 0) is 5.41 Å². The molecule has 2 rings (SSSR count). The Kier molecular flexibility index (Phi) is 4.98. The van der Waals surface area contributed by atoms with Crippen molar-refractivity contribution in [2.24, 2.45) is 0 Å². The first-order valence-electron chi connectivity index (χ1n) is 8.05. The van der Waals surface area contributed by atoms with Crippen LogP contribution in [0.1, 0.15) is 51.2 Å². The van der Waals surface area contributed by atoms with Gasteiger partial charge in [0.15, 0.2) is 5.69 Å². The quantitative estimate of drug-likeness (QED) is 0.611. The van der Waals surface area contributed by atoms with Crippen molar-refractivity contribution in [3.8, 4) is 11.3 Å². The van der Waals surface area contributed by atoms with Crippen molar-refractivity contribution in [1.82, 2.24) is 4.98 Å². The summed E-state index contributed by atoms with van der Waals surface area (Å²) in [6, 6.07) is 10.2. The first-order chi connectivity index (χ1) is 10.6. The van der Waals surface area contributed by atoms with E-state index in [9.17, 15) is 0 Å². The molecule has 1 heterocycles. The van der Waals surface area contributed by atoms with Gasteiger partial charge < -0.3 is 0 Å². The van der Waals surface area contributed by atoms with Crippen molar-refractivity contribution < 1.29 is 0 Å². The molecule has 0 N–H and O–H groups in total. The standard InChI is InChI=1S/C20H24N2/c1-6-20(7-2,8-3)16-12-13-22-19(14-16)17-10-9-11-18(21-5)15(17)4/h9-14H,6-8H2,1-4H3. The van der Waals surface area contributed by atoms with Crippen molar-refractivity contribution in [3.05, 3.63) is 59.1 Å². The van der Waals surface area contributed by atoms with Crippen molar-refractivity contribution in [2.45, 2.75) is 52.4 Å². The third kappa shape index (κ3) is 2.76. The van der Waals surface area contributed by atoms with Crippen LogP contribution in [0.5, 0.6) is 0 Å². The van der Waals surface area contributed by atoms with Gasteiger partial charge in [-0.3, -0.25) is 4.98 Å². The van der Waals surface area contributed by atoms with E-state index in [4.69, 9.17) is 6.57 Å². The molecule has 0 spiro atoms. The Morgan fingerprint density at radius 1 is 1.09 bits per heavy atom. The SMILES string of the molecule is [C-]#[N+]c1cccc(-c2cc(C(CC)(CC)CC)ccn2)c1C. The highest BCUT2D eigenvalue weighted by atomic mass is 14.7. The number of rotatable bonds is 5. The van der Waals surface area contributed by atoms with E-state index in [0.717, 1.165) is 36.1 Å². The van der Waals surface area contributed by atoms with Crippen LogP contribution in [-0.4, -0.2) is 4.98 Å². The maximum absolute atomic E-state index is 7.28. The normalized spacial score (nSPS) is 11.2. The van der Waals surface area contributed by atoms with Crippen LogP contribution < -0.4 is 0 Å². The number of hydrogen-bond donors (Lipinski definition) is 0. The summed E-state index contributed by atoms with van der Waals surface area (Å²) < 4.78 is 0. The molecule has 0 saturated heterocycles. The number of nitrogens with zero attached hydrogens (tertiary/aromatic N) is 2. The molecule has 0 atom stereocenters. The maximum atomic E-state index is 7.28. The molecule has 22 heavy (non-hydrogen) atoms. The van der Waals surface area contributed by atoms with E-state index in [-0.39, 0.29) is 5.41 Å². The zero-order chi connectivity index (χ0) is 16.2. The van der Waals surface area contributed by atoms with Gasteiger partial charge in [0.25, 0.3) is 0 Å². The molecule has 0 saturated carbocycles. The molecule has 0 aliphatic rings. The maximum Gasteiger partial charge on any atom is 0.190 e. The average Bonchev–Trinajstić information content (AvgIpc) is 2.57. The second-order valence-corrected chi connectivity index (χ2v) is 5.83. The van der Waals surface area contributed by atoms with E-state index in [0.29, 0.717) is 5.69 Å². The summed E-state index contributed by atoms with van der Waals surface area (Å²) in [6.45, 7) is 16.1. The van der Waals surface area contributed by atoms with E-state index >= 15 is 0 Å². The van der Waals surface area contributed by atoms with Crippen molar-refractivity contribution >= 4 is 5.69 Å². The fraction of sp³-hybridized carbons (Fsp3) is 0.400. The van der Waals surface area contributed by atoms with Crippen LogP contribution in [0.25, 0.3) is 16.1 Å². The zero-order valence-corrected chi connectivity index (χ0v) is 14.0. The Hall–Kier alpha value is -2.14. The molecule has 0 radical (unpaired) electrons. The highest BCUT2D eigenvalue weighted by molar-refractivity contribution is 5.72. The number of hydrogen-bond acceptors (Lipinski definition) is 1. The highest BCUT2D eigenvalue weighted by Gasteiger charge is 2.26. The molecule has 114 valence electrons. The summed E-state index contributed by atoms with van der Waals surface area (Å²) in [5.74, 6) is 0. The lowest BCUT2D eigenvalue weighted by atomic mass is 9.74. The minimum Gasteiger partial charge on any atom is -0.256 e. The lowest BCUT2D eigenvalue weighted by molar-refractivity contribution is 0.381. The Bertz CT molecular complexity index is 683. The third-order valence-corrected chi connectivity index (χ3v) is 5.10. The van der Waals surface area contributed by atoms with Gasteiger partial charge in [-0.15, -0.1) is 0 Å². The summed E-state index contributed by atoms with van der Waals surface area (Å²) >= 11 is 0. The molecule has 2 aromatic rings. The van der Waals surface area contributed by atoms with Crippen LogP contribution in [0.2, 0.25) is 0 Å². The first kappa shape index (κ1) is 16.2.